The quantitative estimate of drug-likeness (QED) is 0.326. The van der Waals surface area contributed by atoms with Crippen molar-refractivity contribution in [2.75, 3.05) is 0 Å². The smallest absolute Gasteiger partial charge is 0.116 e. The van der Waals surface area contributed by atoms with E-state index in [1.807, 2.05) is 0 Å². The number of aryl methyl sites for hydroxylation is 1. The Morgan fingerprint density at radius 2 is 0.938 bits per heavy atom. The lowest BCUT2D eigenvalue weighted by Gasteiger charge is -2.29. The fraction of sp³-hybridized carbons (Fsp3) is 0.0667. The van der Waals surface area contributed by atoms with Crippen LogP contribution in [-0.4, -0.2) is 0 Å². The van der Waals surface area contributed by atoms with Gasteiger partial charge >= 0.3 is 0 Å². The van der Waals surface area contributed by atoms with Gasteiger partial charge in [0, 0.05) is 5.56 Å². The maximum atomic E-state index is 2.33. The zero-order valence-corrected chi connectivity index (χ0v) is 20.6. The van der Waals surface area contributed by atoms with Crippen molar-refractivity contribution in [3.63, 3.8) is 0 Å². The Labute approximate surface area is 202 Å². The predicted molar refractivity (Wildman–Crippen MR) is 138 cm³/mol. The van der Waals surface area contributed by atoms with Crippen molar-refractivity contribution in [1.82, 2.24) is 0 Å². The van der Waals surface area contributed by atoms with E-state index in [0.29, 0.717) is 0 Å². The van der Waals surface area contributed by atoms with Crippen LogP contribution in [0.2, 0.25) is 0 Å². The van der Waals surface area contributed by atoms with E-state index in [2.05, 4.69) is 134 Å². The van der Waals surface area contributed by atoms with E-state index in [4.69, 9.17) is 0 Å². The molecule has 0 N–H and O–H groups in total. The standard InChI is InChI=1S/C30H26P.BrH/c1-24-21-22-25-13-11-12-20-29(25)30(24)23-31(26-14-5-2-6-15-26,27-16-7-3-8-17-27)28-18-9-4-10-19-28;/h2-22H,23H2,1H3;1H/q+1;/p-1. The second-order valence-corrected chi connectivity index (χ2v) is 11.5. The van der Waals surface area contributed by atoms with Gasteiger partial charge in [0.25, 0.3) is 0 Å². The number of halogens is 1. The molecule has 0 bridgehead atoms. The zero-order chi connectivity index (χ0) is 21.1. The van der Waals surface area contributed by atoms with Crippen molar-refractivity contribution in [3.05, 3.63) is 139 Å². The molecule has 0 heterocycles. The van der Waals surface area contributed by atoms with Crippen LogP contribution in [0.4, 0.5) is 0 Å². The molecular weight excluding hydrogens is 471 g/mol. The molecule has 5 rings (SSSR count). The third-order valence-electron chi connectivity index (χ3n) is 6.26. The third-order valence-corrected chi connectivity index (χ3v) is 10.6. The first-order valence-corrected chi connectivity index (χ1v) is 12.8. The molecule has 158 valence electrons. The molecule has 0 amide bonds. The lowest BCUT2D eigenvalue weighted by Crippen LogP contribution is -3.00. The molecule has 0 unspecified atom stereocenters. The van der Waals surface area contributed by atoms with Gasteiger partial charge in [-0.25, -0.2) is 0 Å². The van der Waals surface area contributed by atoms with E-state index in [1.54, 1.807) is 0 Å². The fourth-order valence-corrected chi connectivity index (χ4v) is 9.04. The Bertz CT molecular complexity index is 1200. The molecule has 0 nitrogen and oxygen atoms in total. The van der Waals surface area contributed by atoms with Crippen LogP contribution in [-0.2, 0) is 6.16 Å². The van der Waals surface area contributed by atoms with Crippen LogP contribution in [0.3, 0.4) is 0 Å². The summed E-state index contributed by atoms with van der Waals surface area (Å²) >= 11 is 0. The van der Waals surface area contributed by atoms with E-state index in [1.165, 1.54) is 37.8 Å². The van der Waals surface area contributed by atoms with Crippen LogP contribution in [0, 0.1) is 6.92 Å². The van der Waals surface area contributed by atoms with Gasteiger partial charge in [-0.05, 0) is 59.7 Å². The van der Waals surface area contributed by atoms with Crippen molar-refractivity contribution >= 4 is 33.9 Å². The molecule has 0 aliphatic rings. The second kappa shape index (κ2) is 9.82. The lowest BCUT2D eigenvalue weighted by molar-refractivity contribution is -0.00000599. The van der Waals surface area contributed by atoms with Crippen LogP contribution in [0.15, 0.2) is 127 Å². The summed E-state index contributed by atoms with van der Waals surface area (Å²) in [6.07, 6.45) is 1.01. The van der Waals surface area contributed by atoms with Crippen molar-refractivity contribution in [2.45, 2.75) is 13.1 Å². The van der Waals surface area contributed by atoms with E-state index in [-0.39, 0.29) is 17.0 Å². The normalized spacial score (nSPS) is 11.2. The highest BCUT2D eigenvalue weighted by molar-refractivity contribution is 7.95. The summed E-state index contributed by atoms with van der Waals surface area (Å²) in [4.78, 5) is 0. The van der Waals surface area contributed by atoms with Gasteiger partial charge in [-0.3, -0.25) is 0 Å². The Kier molecular flexibility index (Phi) is 6.89. The first kappa shape index (κ1) is 22.5. The minimum absolute atomic E-state index is 0. The minimum Gasteiger partial charge on any atom is -1.00 e. The zero-order valence-electron chi connectivity index (χ0n) is 18.2. The number of fused-ring (bicyclic) bond motifs is 1. The SMILES string of the molecule is Cc1ccc2ccccc2c1C[P+](c1ccccc1)(c1ccccc1)c1ccccc1.[Br-]. The van der Waals surface area contributed by atoms with Gasteiger partial charge in [-0.15, -0.1) is 0 Å². The molecule has 2 heteroatoms. The first-order chi connectivity index (χ1) is 15.3. The summed E-state index contributed by atoms with van der Waals surface area (Å²) in [5.41, 5.74) is 2.83. The van der Waals surface area contributed by atoms with Crippen LogP contribution in [0.25, 0.3) is 10.8 Å². The van der Waals surface area contributed by atoms with Crippen molar-refractivity contribution < 1.29 is 17.0 Å². The number of benzene rings is 5. The van der Waals surface area contributed by atoms with Crippen LogP contribution in [0.5, 0.6) is 0 Å². The van der Waals surface area contributed by atoms with Gasteiger partial charge in [0.05, 0.1) is 6.16 Å². The van der Waals surface area contributed by atoms with E-state index < -0.39 is 7.26 Å². The minimum atomic E-state index is -1.91. The summed E-state index contributed by atoms with van der Waals surface area (Å²) in [7, 11) is -1.91. The highest BCUT2D eigenvalue weighted by Gasteiger charge is 2.45. The molecular formula is C30H26BrP. The summed E-state index contributed by atoms with van der Waals surface area (Å²) in [5, 5.41) is 6.98. The molecule has 0 radical (unpaired) electrons. The van der Waals surface area contributed by atoms with E-state index >= 15 is 0 Å². The van der Waals surface area contributed by atoms with Gasteiger partial charge in [0.15, 0.2) is 0 Å². The topological polar surface area (TPSA) is 0 Å². The van der Waals surface area contributed by atoms with E-state index in [9.17, 15) is 0 Å². The molecule has 0 aromatic heterocycles. The van der Waals surface area contributed by atoms with Crippen LogP contribution in [0.1, 0.15) is 11.1 Å². The summed E-state index contributed by atoms with van der Waals surface area (Å²) in [6, 6.07) is 46.8. The lowest BCUT2D eigenvalue weighted by atomic mass is 10.0. The second-order valence-electron chi connectivity index (χ2n) is 8.06. The van der Waals surface area contributed by atoms with Gasteiger partial charge in [-0.2, -0.15) is 0 Å². The van der Waals surface area contributed by atoms with Crippen molar-refractivity contribution in [1.29, 1.82) is 0 Å². The monoisotopic (exact) mass is 496 g/mol. The van der Waals surface area contributed by atoms with E-state index in [0.717, 1.165) is 6.16 Å². The number of hydrogen-bond acceptors (Lipinski definition) is 0. The number of hydrogen-bond donors (Lipinski definition) is 0. The third kappa shape index (κ3) is 4.04. The molecule has 0 saturated carbocycles. The maximum Gasteiger partial charge on any atom is 0.116 e. The van der Waals surface area contributed by atoms with Gasteiger partial charge in [0.1, 0.15) is 23.2 Å². The summed E-state index contributed by atoms with van der Waals surface area (Å²) in [6.45, 7) is 2.26. The molecule has 5 aromatic rings. The predicted octanol–water partition coefficient (Wildman–Crippen LogP) is 3.65. The maximum absolute atomic E-state index is 2.33. The van der Waals surface area contributed by atoms with Gasteiger partial charge in [0.2, 0.25) is 0 Å². The molecule has 0 aliphatic heterocycles. The highest BCUT2D eigenvalue weighted by atomic mass is 79.9. The Morgan fingerprint density at radius 1 is 0.500 bits per heavy atom. The van der Waals surface area contributed by atoms with Crippen molar-refractivity contribution in [3.8, 4) is 0 Å². The Balaban J connectivity index is 0.00000245. The molecule has 0 fully saturated rings. The molecule has 32 heavy (non-hydrogen) atoms. The molecule has 0 saturated heterocycles. The molecule has 5 aromatic carbocycles. The first-order valence-electron chi connectivity index (χ1n) is 10.8. The average molecular weight is 497 g/mol. The van der Waals surface area contributed by atoms with Crippen LogP contribution >= 0.6 is 7.26 Å². The Hall–Kier alpha value is -2.73. The largest absolute Gasteiger partial charge is 1.00 e. The fourth-order valence-electron chi connectivity index (χ4n) is 4.66. The highest BCUT2D eigenvalue weighted by Crippen LogP contribution is 2.59. The number of rotatable bonds is 5. The molecule has 0 spiro atoms. The summed E-state index contributed by atoms with van der Waals surface area (Å²) in [5.74, 6) is 0. The van der Waals surface area contributed by atoms with Gasteiger partial charge in [-0.1, -0.05) is 91.0 Å². The van der Waals surface area contributed by atoms with Crippen LogP contribution < -0.4 is 32.9 Å². The Morgan fingerprint density at radius 3 is 1.44 bits per heavy atom. The molecule has 0 aliphatic carbocycles. The summed E-state index contributed by atoms with van der Waals surface area (Å²) < 4.78 is 0. The average Bonchev–Trinajstić information content (AvgIpc) is 2.85. The van der Waals surface area contributed by atoms with Crippen molar-refractivity contribution in [2.24, 2.45) is 0 Å². The van der Waals surface area contributed by atoms with Gasteiger partial charge < -0.3 is 17.0 Å². The molecule has 0 atom stereocenters.